The van der Waals surface area contributed by atoms with Gasteiger partial charge in [-0.25, -0.2) is 9.78 Å². The van der Waals surface area contributed by atoms with Crippen molar-refractivity contribution in [1.29, 1.82) is 5.26 Å². The number of hydrogen-bond acceptors (Lipinski definition) is 8. The van der Waals surface area contributed by atoms with Crippen LogP contribution in [-0.4, -0.2) is 36.4 Å². The maximum atomic E-state index is 12.8. The third-order valence-electron chi connectivity index (χ3n) is 5.11. The Hall–Kier alpha value is -3.71. The summed E-state index contributed by atoms with van der Waals surface area (Å²) in [6.45, 7) is 3.60. The third kappa shape index (κ3) is 3.64. The summed E-state index contributed by atoms with van der Waals surface area (Å²) in [6.07, 6.45) is 0.0192. The van der Waals surface area contributed by atoms with Gasteiger partial charge in [0.1, 0.15) is 23.0 Å². The number of anilines is 2. The van der Waals surface area contributed by atoms with Gasteiger partial charge in [-0.05, 0) is 32.0 Å². The van der Waals surface area contributed by atoms with Crippen molar-refractivity contribution in [1.82, 2.24) is 4.98 Å². The fourth-order valence-electron chi connectivity index (χ4n) is 3.63. The molecule has 158 valence electrons. The highest BCUT2D eigenvalue weighted by molar-refractivity contribution is 7.18. The first-order valence-electron chi connectivity index (χ1n) is 9.42. The van der Waals surface area contributed by atoms with E-state index >= 15 is 0 Å². The lowest BCUT2D eigenvalue weighted by molar-refractivity contribution is -0.122. The lowest BCUT2D eigenvalue weighted by Gasteiger charge is -2.16. The fraction of sp³-hybridized carbons (Fsp3) is 0.286. The van der Waals surface area contributed by atoms with Gasteiger partial charge in [0.05, 0.1) is 28.3 Å². The SMILES string of the molecule is COC(=O)c1c(C)oc(NC(=O)C2CC(=O)N(c3ccc4sc(C)nc4c3)C2)c1C#N. The quantitative estimate of drug-likeness (QED) is 0.620. The number of rotatable bonds is 4. The molecular formula is C21H18N4O5S. The number of thiazole rings is 1. The molecule has 3 aromatic rings. The van der Waals surface area contributed by atoms with E-state index in [1.54, 1.807) is 16.2 Å². The summed E-state index contributed by atoms with van der Waals surface area (Å²) in [7, 11) is 1.19. The molecule has 1 aliphatic rings. The second kappa shape index (κ2) is 7.85. The van der Waals surface area contributed by atoms with Gasteiger partial charge in [-0.2, -0.15) is 5.26 Å². The molecule has 1 saturated heterocycles. The molecule has 1 aromatic carbocycles. The molecule has 3 heterocycles. The van der Waals surface area contributed by atoms with Crippen LogP contribution in [0.4, 0.5) is 11.6 Å². The van der Waals surface area contributed by atoms with Crippen molar-refractivity contribution in [3.8, 4) is 6.07 Å². The Kier molecular flexibility index (Phi) is 5.20. The fourth-order valence-corrected chi connectivity index (χ4v) is 4.44. The van der Waals surface area contributed by atoms with E-state index in [2.05, 4.69) is 15.0 Å². The van der Waals surface area contributed by atoms with E-state index < -0.39 is 17.8 Å². The van der Waals surface area contributed by atoms with Crippen LogP contribution in [0.2, 0.25) is 0 Å². The molecular weight excluding hydrogens is 420 g/mol. The summed E-state index contributed by atoms with van der Waals surface area (Å²) in [5.41, 5.74) is 1.35. The number of carbonyl (C=O) groups is 3. The number of fused-ring (bicyclic) bond motifs is 1. The molecule has 0 radical (unpaired) electrons. The number of esters is 1. The van der Waals surface area contributed by atoms with Gasteiger partial charge < -0.3 is 14.1 Å². The molecule has 0 spiro atoms. The molecule has 4 rings (SSSR count). The summed E-state index contributed by atoms with van der Waals surface area (Å²) >= 11 is 1.57. The predicted molar refractivity (Wildman–Crippen MR) is 113 cm³/mol. The summed E-state index contributed by atoms with van der Waals surface area (Å²) in [5.74, 6) is -1.99. The first kappa shape index (κ1) is 20.6. The molecule has 10 heteroatoms. The maximum absolute atomic E-state index is 12.8. The van der Waals surface area contributed by atoms with Crippen LogP contribution in [-0.2, 0) is 14.3 Å². The predicted octanol–water partition coefficient (Wildman–Crippen LogP) is 3.16. The molecule has 0 bridgehead atoms. The Balaban J connectivity index is 1.53. The topological polar surface area (TPSA) is 126 Å². The van der Waals surface area contributed by atoms with Crippen LogP contribution < -0.4 is 10.2 Å². The van der Waals surface area contributed by atoms with Gasteiger partial charge in [0, 0.05) is 18.7 Å². The van der Waals surface area contributed by atoms with E-state index in [0.717, 1.165) is 15.2 Å². The van der Waals surface area contributed by atoms with Crippen molar-refractivity contribution in [2.45, 2.75) is 20.3 Å². The van der Waals surface area contributed by atoms with Crippen molar-refractivity contribution in [3.63, 3.8) is 0 Å². The smallest absolute Gasteiger partial charge is 0.342 e. The first-order chi connectivity index (χ1) is 14.8. The lowest BCUT2D eigenvalue weighted by atomic mass is 10.1. The minimum atomic E-state index is -0.729. The minimum Gasteiger partial charge on any atom is -0.465 e. The molecule has 1 N–H and O–H groups in total. The monoisotopic (exact) mass is 438 g/mol. The number of benzene rings is 1. The molecule has 0 aliphatic carbocycles. The number of nitrogens with zero attached hydrogens (tertiary/aromatic N) is 3. The minimum absolute atomic E-state index is 0.0192. The summed E-state index contributed by atoms with van der Waals surface area (Å²) in [6, 6.07) is 7.45. The Labute approximate surface area is 181 Å². The third-order valence-corrected chi connectivity index (χ3v) is 6.06. The number of ether oxygens (including phenoxy) is 1. The van der Waals surface area contributed by atoms with Gasteiger partial charge in [-0.1, -0.05) is 0 Å². The van der Waals surface area contributed by atoms with Gasteiger partial charge in [-0.3, -0.25) is 14.9 Å². The first-order valence-corrected chi connectivity index (χ1v) is 10.2. The van der Waals surface area contributed by atoms with Crippen LogP contribution in [0.3, 0.4) is 0 Å². The Morgan fingerprint density at radius 3 is 2.87 bits per heavy atom. The van der Waals surface area contributed by atoms with Crippen molar-refractivity contribution < 1.29 is 23.5 Å². The van der Waals surface area contributed by atoms with Crippen molar-refractivity contribution >= 4 is 50.9 Å². The van der Waals surface area contributed by atoms with Gasteiger partial charge in [0.25, 0.3) is 0 Å². The standard InChI is InChI=1S/C21H18N4O5S/c1-10-18(21(28)29-3)14(8-22)20(30-10)24-19(27)12-6-17(26)25(9-12)13-4-5-16-15(7-13)23-11(2)31-16/h4-5,7,12H,6,9H2,1-3H3,(H,24,27). The number of aromatic nitrogens is 1. The highest BCUT2D eigenvalue weighted by Crippen LogP contribution is 2.32. The number of hydrogen-bond donors (Lipinski definition) is 1. The van der Waals surface area contributed by atoms with Gasteiger partial charge in [0.15, 0.2) is 0 Å². The molecule has 1 unspecified atom stereocenters. The van der Waals surface area contributed by atoms with Crippen molar-refractivity contribution in [2.24, 2.45) is 5.92 Å². The molecule has 1 fully saturated rings. The largest absolute Gasteiger partial charge is 0.465 e. The molecule has 0 saturated carbocycles. The van der Waals surface area contributed by atoms with Crippen LogP contribution in [0.25, 0.3) is 10.2 Å². The van der Waals surface area contributed by atoms with Gasteiger partial charge in [-0.15, -0.1) is 11.3 Å². The molecule has 2 amide bonds. The lowest BCUT2D eigenvalue weighted by Crippen LogP contribution is -2.28. The second-order valence-electron chi connectivity index (χ2n) is 7.12. The molecule has 1 aliphatic heterocycles. The second-order valence-corrected chi connectivity index (χ2v) is 8.36. The Morgan fingerprint density at radius 1 is 1.39 bits per heavy atom. The average molecular weight is 438 g/mol. The molecule has 31 heavy (non-hydrogen) atoms. The number of nitriles is 1. The zero-order chi connectivity index (χ0) is 22.3. The Morgan fingerprint density at radius 2 is 2.16 bits per heavy atom. The zero-order valence-electron chi connectivity index (χ0n) is 17.0. The highest BCUT2D eigenvalue weighted by atomic mass is 32.1. The summed E-state index contributed by atoms with van der Waals surface area (Å²) in [5, 5.41) is 12.9. The van der Waals surface area contributed by atoms with Gasteiger partial charge in [0.2, 0.25) is 17.7 Å². The van der Waals surface area contributed by atoms with E-state index in [4.69, 9.17) is 4.42 Å². The number of amides is 2. The summed E-state index contributed by atoms with van der Waals surface area (Å²) in [4.78, 5) is 43.3. The number of nitrogens with one attached hydrogen (secondary N) is 1. The van der Waals surface area contributed by atoms with E-state index in [1.165, 1.54) is 14.0 Å². The van der Waals surface area contributed by atoms with Gasteiger partial charge >= 0.3 is 5.97 Å². The zero-order valence-corrected chi connectivity index (χ0v) is 17.8. The van der Waals surface area contributed by atoms with Crippen molar-refractivity contribution in [3.05, 3.63) is 40.1 Å². The number of methoxy groups -OCH3 is 1. The van der Waals surface area contributed by atoms with E-state index in [9.17, 15) is 19.6 Å². The summed E-state index contributed by atoms with van der Waals surface area (Å²) < 4.78 is 11.1. The van der Waals surface area contributed by atoms with Crippen molar-refractivity contribution in [2.75, 3.05) is 23.9 Å². The van der Waals surface area contributed by atoms with E-state index in [1.807, 2.05) is 31.2 Å². The van der Waals surface area contributed by atoms with Crippen LogP contribution in [0.5, 0.6) is 0 Å². The number of furan rings is 1. The van der Waals surface area contributed by atoms with E-state index in [-0.39, 0.29) is 41.6 Å². The van der Waals surface area contributed by atoms with Crippen LogP contribution in [0.1, 0.15) is 33.1 Å². The Bertz CT molecular complexity index is 1270. The average Bonchev–Trinajstić information content (AvgIpc) is 3.40. The number of aryl methyl sites for hydroxylation is 2. The van der Waals surface area contributed by atoms with Crippen LogP contribution in [0, 0.1) is 31.1 Å². The molecule has 2 aromatic heterocycles. The normalized spacial score (nSPS) is 15.9. The maximum Gasteiger partial charge on any atom is 0.342 e. The highest BCUT2D eigenvalue weighted by Gasteiger charge is 2.36. The van der Waals surface area contributed by atoms with Crippen LogP contribution in [0.15, 0.2) is 22.6 Å². The van der Waals surface area contributed by atoms with Crippen LogP contribution >= 0.6 is 11.3 Å². The number of carbonyl (C=O) groups excluding carboxylic acids is 3. The van der Waals surface area contributed by atoms with E-state index in [0.29, 0.717) is 5.69 Å². The molecule has 9 nitrogen and oxygen atoms in total. The molecule has 1 atom stereocenters.